The summed E-state index contributed by atoms with van der Waals surface area (Å²) in [5.41, 5.74) is 1.35. The molecular weight excluding hydrogens is 412 g/mol. The minimum absolute atomic E-state index is 0.00146. The highest BCUT2D eigenvalue weighted by atomic mass is 32.2. The molecule has 3 aromatic carbocycles. The highest BCUT2D eigenvalue weighted by Crippen LogP contribution is 2.37. The summed E-state index contributed by atoms with van der Waals surface area (Å²) in [6.45, 7) is 11.7. The van der Waals surface area contributed by atoms with Gasteiger partial charge in [-0.1, -0.05) is 118 Å². The number of allylic oxidation sites excluding steroid dienone is 1. The Morgan fingerprint density at radius 1 is 0.839 bits per heavy atom. The van der Waals surface area contributed by atoms with E-state index in [2.05, 4.69) is 118 Å². The molecule has 0 amide bonds. The van der Waals surface area contributed by atoms with Gasteiger partial charge in [-0.05, 0) is 27.4 Å². The first-order valence-electron chi connectivity index (χ1n) is 11.0. The van der Waals surface area contributed by atoms with Crippen LogP contribution in [0.15, 0.2) is 104 Å². The van der Waals surface area contributed by atoms with Crippen molar-refractivity contribution in [3.8, 4) is 0 Å². The minimum atomic E-state index is -2.50. The summed E-state index contributed by atoms with van der Waals surface area (Å²) in [4.78, 5) is 0. The quantitative estimate of drug-likeness (QED) is 0.262. The number of benzene rings is 3. The van der Waals surface area contributed by atoms with E-state index in [1.165, 1.54) is 15.9 Å². The van der Waals surface area contributed by atoms with Crippen molar-refractivity contribution >= 4 is 30.5 Å². The third-order valence-corrected chi connectivity index (χ3v) is 12.0. The van der Waals surface area contributed by atoms with Crippen LogP contribution in [-0.4, -0.2) is 20.2 Å². The Balaban J connectivity index is 1.91. The van der Waals surface area contributed by atoms with Gasteiger partial charge in [-0.25, -0.2) is 0 Å². The Morgan fingerprint density at radius 2 is 1.32 bits per heavy atom. The second-order valence-electron chi connectivity index (χ2n) is 8.92. The van der Waals surface area contributed by atoms with Crippen LogP contribution in [0.25, 0.3) is 0 Å². The van der Waals surface area contributed by atoms with Gasteiger partial charge in [0, 0.05) is 17.6 Å². The molecule has 0 bridgehead atoms. The fourth-order valence-corrected chi connectivity index (χ4v) is 9.92. The van der Waals surface area contributed by atoms with Gasteiger partial charge in [0.25, 0.3) is 8.32 Å². The maximum absolute atomic E-state index is 7.14. The zero-order valence-electron chi connectivity index (χ0n) is 19.0. The molecule has 3 heteroatoms. The Kier molecular flexibility index (Phi) is 8.36. The summed E-state index contributed by atoms with van der Waals surface area (Å²) in [6, 6.07) is 32.4. The van der Waals surface area contributed by atoms with Crippen molar-refractivity contribution in [3.63, 3.8) is 0 Å². The second kappa shape index (κ2) is 11.0. The van der Waals surface area contributed by atoms with E-state index >= 15 is 0 Å². The van der Waals surface area contributed by atoms with Crippen LogP contribution in [0, 0.1) is 0 Å². The first-order chi connectivity index (χ1) is 15.0. The second-order valence-corrected chi connectivity index (χ2v) is 14.5. The van der Waals surface area contributed by atoms with Crippen molar-refractivity contribution in [1.82, 2.24) is 0 Å². The Bertz CT molecular complexity index is 880. The van der Waals surface area contributed by atoms with Gasteiger partial charge in [0.2, 0.25) is 0 Å². The molecule has 0 N–H and O–H groups in total. The lowest BCUT2D eigenvalue weighted by atomic mass is 10.2. The van der Waals surface area contributed by atoms with Gasteiger partial charge in [0.15, 0.2) is 0 Å². The molecule has 0 spiro atoms. The molecule has 0 aliphatic heterocycles. The molecule has 162 valence electrons. The third-order valence-electron chi connectivity index (χ3n) is 5.66. The zero-order chi connectivity index (χ0) is 22.2. The maximum atomic E-state index is 7.14. The maximum Gasteiger partial charge on any atom is 0.261 e. The lowest BCUT2D eigenvalue weighted by Crippen LogP contribution is -2.67. The SMILES string of the molecule is C=CC[C@@H](CO[Si](c1ccccc1)(c1ccccc1)C(C)(C)C)SCc1ccccc1. The predicted octanol–water partition coefficient (Wildman–Crippen LogP) is 6.44. The Morgan fingerprint density at radius 3 is 1.77 bits per heavy atom. The molecule has 31 heavy (non-hydrogen) atoms. The van der Waals surface area contributed by atoms with Crippen molar-refractivity contribution in [2.45, 2.75) is 43.2 Å². The van der Waals surface area contributed by atoms with E-state index in [0.717, 1.165) is 18.8 Å². The summed E-state index contributed by atoms with van der Waals surface area (Å²) >= 11 is 1.97. The van der Waals surface area contributed by atoms with Crippen molar-refractivity contribution in [2.75, 3.05) is 6.61 Å². The van der Waals surface area contributed by atoms with Crippen LogP contribution in [0.2, 0.25) is 5.04 Å². The number of hydrogen-bond donors (Lipinski definition) is 0. The summed E-state index contributed by atoms with van der Waals surface area (Å²) in [5.74, 6) is 0.990. The smallest absolute Gasteiger partial charge is 0.261 e. The van der Waals surface area contributed by atoms with E-state index < -0.39 is 8.32 Å². The normalized spacial score (nSPS) is 13.0. The molecule has 1 nitrogen and oxygen atoms in total. The molecule has 3 aromatic rings. The van der Waals surface area contributed by atoms with Crippen LogP contribution in [0.5, 0.6) is 0 Å². The average molecular weight is 447 g/mol. The molecular formula is C28H34OSSi. The largest absolute Gasteiger partial charge is 0.406 e. The topological polar surface area (TPSA) is 9.23 Å². The van der Waals surface area contributed by atoms with E-state index in [1.54, 1.807) is 0 Å². The molecule has 0 saturated heterocycles. The van der Waals surface area contributed by atoms with E-state index in [9.17, 15) is 0 Å². The van der Waals surface area contributed by atoms with Gasteiger partial charge in [-0.2, -0.15) is 11.8 Å². The van der Waals surface area contributed by atoms with Crippen LogP contribution in [0.3, 0.4) is 0 Å². The van der Waals surface area contributed by atoms with E-state index in [4.69, 9.17) is 4.43 Å². The summed E-state index contributed by atoms with van der Waals surface area (Å²) in [5, 5.41) is 3.04. The lowest BCUT2D eigenvalue weighted by Gasteiger charge is -2.43. The third kappa shape index (κ3) is 5.79. The fraction of sp³-hybridized carbons (Fsp3) is 0.286. The standard InChI is InChI=1S/C28H34OSSi/c1-5-15-25(30-23-24-16-9-6-10-17-24)22-29-31(28(2,3)4,26-18-11-7-12-19-26)27-20-13-8-14-21-27/h5-14,16-21,25H,1,15,22-23H2,2-4H3/t25-/m0/s1. The van der Waals surface area contributed by atoms with Gasteiger partial charge in [0.1, 0.15) is 0 Å². The lowest BCUT2D eigenvalue weighted by molar-refractivity contribution is 0.298. The van der Waals surface area contributed by atoms with Crippen LogP contribution >= 0.6 is 11.8 Å². The molecule has 0 saturated carbocycles. The van der Waals surface area contributed by atoms with Crippen molar-refractivity contribution in [2.24, 2.45) is 0 Å². The zero-order valence-corrected chi connectivity index (χ0v) is 20.8. The summed E-state index contributed by atoms with van der Waals surface area (Å²) in [7, 11) is -2.50. The molecule has 0 radical (unpaired) electrons. The van der Waals surface area contributed by atoms with Crippen LogP contribution in [-0.2, 0) is 10.2 Å². The molecule has 0 unspecified atom stereocenters. The highest BCUT2D eigenvalue weighted by Gasteiger charge is 2.50. The van der Waals surface area contributed by atoms with Gasteiger partial charge in [0.05, 0.1) is 0 Å². The molecule has 0 aliphatic carbocycles. The summed E-state index contributed by atoms with van der Waals surface area (Å²) in [6.07, 6.45) is 2.97. The van der Waals surface area contributed by atoms with Gasteiger partial charge in [-0.3, -0.25) is 0 Å². The van der Waals surface area contributed by atoms with Crippen molar-refractivity contribution in [3.05, 3.63) is 109 Å². The predicted molar refractivity (Wildman–Crippen MR) is 140 cm³/mol. The summed E-state index contributed by atoms with van der Waals surface area (Å²) < 4.78 is 7.14. The van der Waals surface area contributed by atoms with Crippen LogP contribution in [0.1, 0.15) is 32.8 Å². The average Bonchev–Trinajstić information content (AvgIpc) is 2.79. The Hall–Kier alpha value is -2.07. The first-order valence-corrected chi connectivity index (χ1v) is 13.9. The van der Waals surface area contributed by atoms with E-state index in [0.29, 0.717) is 5.25 Å². The molecule has 1 atom stereocenters. The molecule has 0 aliphatic rings. The molecule has 0 heterocycles. The van der Waals surface area contributed by atoms with Crippen molar-refractivity contribution in [1.29, 1.82) is 0 Å². The highest BCUT2D eigenvalue weighted by molar-refractivity contribution is 7.99. The fourth-order valence-electron chi connectivity index (χ4n) is 4.14. The van der Waals surface area contributed by atoms with Crippen molar-refractivity contribution < 1.29 is 4.43 Å². The van der Waals surface area contributed by atoms with Crippen LogP contribution in [0.4, 0.5) is 0 Å². The number of hydrogen-bond acceptors (Lipinski definition) is 2. The van der Waals surface area contributed by atoms with E-state index in [1.807, 2.05) is 17.8 Å². The monoisotopic (exact) mass is 446 g/mol. The van der Waals surface area contributed by atoms with Crippen LogP contribution < -0.4 is 10.4 Å². The molecule has 0 fully saturated rings. The molecule has 0 aromatic heterocycles. The molecule has 3 rings (SSSR count). The van der Waals surface area contributed by atoms with Gasteiger partial charge >= 0.3 is 0 Å². The first kappa shape index (κ1) is 23.6. The van der Waals surface area contributed by atoms with E-state index in [-0.39, 0.29) is 5.04 Å². The Labute approximate surface area is 193 Å². The van der Waals surface area contributed by atoms with Gasteiger partial charge in [-0.15, -0.1) is 6.58 Å². The number of thioether (sulfide) groups is 1. The number of rotatable bonds is 10. The minimum Gasteiger partial charge on any atom is -0.406 e. The van der Waals surface area contributed by atoms with Gasteiger partial charge < -0.3 is 4.43 Å².